The van der Waals surface area contributed by atoms with Gasteiger partial charge in [0.1, 0.15) is 5.82 Å². The molecule has 0 spiro atoms. The number of anilines is 2. The quantitative estimate of drug-likeness (QED) is 0.750. The first kappa shape index (κ1) is 13.4. The molecule has 0 saturated heterocycles. The number of halogens is 1. The number of nitrogens with two attached hydrogens (primary N) is 1. The molecule has 0 fully saturated rings. The highest BCUT2D eigenvalue weighted by Crippen LogP contribution is 2.32. The van der Waals surface area contributed by atoms with Crippen molar-refractivity contribution >= 4 is 22.3 Å². The minimum absolute atomic E-state index is 0.379. The summed E-state index contributed by atoms with van der Waals surface area (Å²) in [6.45, 7) is 0.482. The number of aryl methyl sites for hydroxylation is 1. The summed E-state index contributed by atoms with van der Waals surface area (Å²) in [6.07, 6.45) is 5.22. The molecular weight excluding hydrogens is 269 g/mol. The van der Waals surface area contributed by atoms with Crippen molar-refractivity contribution < 1.29 is 4.39 Å². The van der Waals surface area contributed by atoms with Crippen LogP contribution in [0.2, 0.25) is 0 Å². The molecule has 0 bridgehead atoms. The molecule has 1 aromatic carbocycles. The second-order valence-electron chi connectivity index (χ2n) is 5.01. The zero-order valence-corrected chi connectivity index (χ0v) is 11.9. The van der Waals surface area contributed by atoms with Gasteiger partial charge in [-0.3, -0.25) is 4.98 Å². The van der Waals surface area contributed by atoms with E-state index in [0.29, 0.717) is 23.4 Å². The Hall–Kier alpha value is -2.63. The summed E-state index contributed by atoms with van der Waals surface area (Å²) >= 11 is 0. The number of aromatic nitrogens is 3. The van der Waals surface area contributed by atoms with Crippen LogP contribution in [0.3, 0.4) is 0 Å². The Balaban J connectivity index is 2.09. The van der Waals surface area contributed by atoms with Gasteiger partial charge in [-0.2, -0.15) is 0 Å². The normalized spacial score (nSPS) is 11.0. The van der Waals surface area contributed by atoms with Crippen LogP contribution in [0.5, 0.6) is 0 Å². The van der Waals surface area contributed by atoms with Gasteiger partial charge in [-0.05, 0) is 18.2 Å². The van der Waals surface area contributed by atoms with Crippen LogP contribution in [0.15, 0.2) is 36.8 Å². The number of pyridine rings is 1. The van der Waals surface area contributed by atoms with Gasteiger partial charge >= 0.3 is 0 Å². The van der Waals surface area contributed by atoms with E-state index in [1.165, 1.54) is 6.07 Å². The number of imidazole rings is 1. The number of hydrogen-bond donors (Lipinski definition) is 1. The predicted octanol–water partition coefficient (Wildman–Crippen LogP) is 2.33. The van der Waals surface area contributed by atoms with Crippen molar-refractivity contribution in [2.45, 2.75) is 6.54 Å². The van der Waals surface area contributed by atoms with Crippen molar-refractivity contribution in [2.75, 3.05) is 17.7 Å². The van der Waals surface area contributed by atoms with Crippen molar-refractivity contribution in [3.8, 4) is 0 Å². The lowest BCUT2D eigenvalue weighted by molar-refractivity contribution is 0.622. The van der Waals surface area contributed by atoms with Crippen LogP contribution in [-0.4, -0.2) is 21.6 Å². The number of nitrogen functional groups attached to an aromatic ring is 1. The maximum Gasteiger partial charge on any atom is 0.150 e. The van der Waals surface area contributed by atoms with Gasteiger partial charge in [0.25, 0.3) is 0 Å². The highest BCUT2D eigenvalue weighted by Gasteiger charge is 2.17. The van der Waals surface area contributed by atoms with Crippen LogP contribution in [0, 0.1) is 5.82 Å². The first-order valence-corrected chi connectivity index (χ1v) is 6.58. The Morgan fingerprint density at radius 1 is 1.33 bits per heavy atom. The second kappa shape index (κ2) is 5.05. The minimum atomic E-state index is -0.379. The third kappa shape index (κ3) is 2.29. The van der Waals surface area contributed by atoms with Crippen LogP contribution in [0.4, 0.5) is 15.8 Å². The molecule has 2 N–H and O–H groups in total. The molecule has 0 amide bonds. The fraction of sp³-hybridized carbons (Fsp3) is 0.200. The Kier molecular flexibility index (Phi) is 3.21. The molecule has 0 unspecified atom stereocenters. The molecule has 0 aliphatic carbocycles. The van der Waals surface area contributed by atoms with Crippen LogP contribution in [0.1, 0.15) is 5.82 Å². The summed E-state index contributed by atoms with van der Waals surface area (Å²) in [4.78, 5) is 10.3. The van der Waals surface area contributed by atoms with Crippen molar-refractivity contribution in [1.29, 1.82) is 0 Å². The zero-order chi connectivity index (χ0) is 15.0. The van der Waals surface area contributed by atoms with Crippen LogP contribution >= 0.6 is 0 Å². The summed E-state index contributed by atoms with van der Waals surface area (Å²) in [5, 5.41) is 0.751. The average Bonchev–Trinajstić information content (AvgIpc) is 2.84. The number of benzene rings is 1. The molecule has 0 saturated carbocycles. The molecule has 0 aliphatic rings. The molecule has 108 valence electrons. The number of fused-ring (bicyclic) bond motifs is 1. The van der Waals surface area contributed by atoms with Crippen molar-refractivity contribution in [1.82, 2.24) is 14.5 Å². The van der Waals surface area contributed by atoms with Gasteiger partial charge in [0, 0.05) is 43.8 Å². The largest absolute Gasteiger partial charge is 0.398 e. The lowest BCUT2D eigenvalue weighted by Crippen LogP contribution is -2.21. The summed E-state index contributed by atoms with van der Waals surface area (Å²) in [5.74, 6) is 0.466. The van der Waals surface area contributed by atoms with E-state index in [-0.39, 0.29) is 5.82 Å². The number of nitrogens with zero attached hydrogens (tertiary/aromatic N) is 4. The van der Waals surface area contributed by atoms with E-state index in [2.05, 4.69) is 9.97 Å². The number of rotatable bonds is 3. The van der Waals surface area contributed by atoms with Gasteiger partial charge < -0.3 is 15.2 Å². The fourth-order valence-corrected chi connectivity index (χ4v) is 2.43. The van der Waals surface area contributed by atoms with Gasteiger partial charge in [0.05, 0.1) is 17.7 Å². The van der Waals surface area contributed by atoms with Crippen molar-refractivity contribution in [2.24, 2.45) is 7.05 Å². The predicted molar refractivity (Wildman–Crippen MR) is 81.4 cm³/mol. The molecule has 5 nitrogen and oxygen atoms in total. The van der Waals surface area contributed by atoms with Gasteiger partial charge in [-0.1, -0.05) is 0 Å². The second-order valence-corrected chi connectivity index (χ2v) is 5.01. The Bertz CT molecular complexity index is 796. The molecular formula is C15H16FN5. The molecule has 0 atom stereocenters. The summed E-state index contributed by atoms with van der Waals surface area (Å²) < 4.78 is 16.3. The molecule has 6 heteroatoms. The van der Waals surface area contributed by atoms with Crippen LogP contribution in [-0.2, 0) is 13.6 Å². The zero-order valence-electron chi connectivity index (χ0n) is 11.9. The Morgan fingerprint density at radius 2 is 2.14 bits per heavy atom. The SMILES string of the molecule is CN(Cc1nccn1C)c1c(F)cc(N)c2cccnc12. The fourth-order valence-electron chi connectivity index (χ4n) is 2.43. The van der Waals surface area contributed by atoms with E-state index in [1.807, 2.05) is 30.9 Å². The molecule has 0 aliphatic heterocycles. The maximum atomic E-state index is 14.4. The van der Waals surface area contributed by atoms with Crippen LogP contribution < -0.4 is 10.6 Å². The standard InChI is InChI=1S/C15H16FN5/c1-20-7-6-18-13(20)9-21(2)15-11(16)8-12(17)10-4-3-5-19-14(10)15/h3-8H,9,17H2,1-2H3. The first-order valence-electron chi connectivity index (χ1n) is 6.58. The van der Waals surface area contributed by atoms with E-state index < -0.39 is 0 Å². The maximum absolute atomic E-state index is 14.4. The van der Waals surface area contributed by atoms with Gasteiger partial charge in [-0.15, -0.1) is 0 Å². The highest BCUT2D eigenvalue weighted by atomic mass is 19.1. The Labute approximate surface area is 121 Å². The van der Waals surface area contributed by atoms with Gasteiger partial charge in [0.15, 0.2) is 5.82 Å². The van der Waals surface area contributed by atoms with E-state index in [0.717, 1.165) is 11.2 Å². The van der Waals surface area contributed by atoms with E-state index in [4.69, 9.17) is 5.73 Å². The van der Waals surface area contributed by atoms with Gasteiger partial charge in [-0.25, -0.2) is 9.37 Å². The highest BCUT2D eigenvalue weighted by molar-refractivity contribution is 5.98. The average molecular weight is 285 g/mol. The lowest BCUT2D eigenvalue weighted by atomic mass is 10.1. The summed E-state index contributed by atoms with van der Waals surface area (Å²) in [5.41, 5.74) is 7.26. The van der Waals surface area contributed by atoms with Gasteiger partial charge in [0.2, 0.25) is 0 Å². The van der Waals surface area contributed by atoms with Crippen molar-refractivity contribution in [3.05, 3.63) is 48.4 Å². The topological polar surface area (TPSA) is 60.0 Å². The molecule has 3 aromatic rings. The molecule has 2 heterocycles. The minimum Gasteiger partial charge on any atom is -0.398 e. The monoisotopic (exact) mass is 285 g/mol. The number of hydrogen-bond acceptors (Lipinski definition) is 4. The summed E-state index contributed by atoms with van der Waals surface area (Å²) in [6, 6.07) is 4.97. The molecule has 3 rings (SSSR count). The molecule has 21 heavy (non-hydrogen) atoms. The molecule has 0 radical (unpaired) electrons. The lowest BCUT2D eigenvalue weighted by Gasteiger charge is -2.21. The third-order valence-corrected chi connectivity index (χ3v) is 3.53. The Morgan fingerprint density at radius 3 is 2.86 bits per heavy atom. The first-order chi connectivity index (χ1) is 10.1. The van der Waals surface area contributed by atoms with E-state index in [1.54, 1.807) is 23.4 Å². The van der Waals surface area contributed by atoms with Crippen molar-refractivity contribution in [3.63, 3.8) is 0 Å². The molecule has 2 aromatic heterocycles. The third-order valence-electron chi connectivity index (χ3n) is 3.53. The van der Waals surface area contributed by atoms with Crippen LogP contribution in [0.25, 0.3) is 10.9 Å². The van der Waals surface area contributed by atoms with E-state index >= 15 is 0 Å². The van der Waals surface area contributed by atoms with E-state index in [9.17, 15) is 4.39 Å². The smallest absolute Gasteiger partial charge is 0.150 e. The summed E-state index contributed by atoms with van der Waals surface area (Å²) in [7, 11) is 3.73.